The molecule has 5 nitrogen and oxygen atoms in total. The fourth-order valence-electron chi connectivity index (χ4n) is 3.69. The lowest BCUT2D eigenvalue weighted by Crippen LogP contribution is -2.38. The number of benzene rings is 2. The molecule has 0 radical (unpaired) electrons. The van der Waals surface area contributed by atoms with Crippen LogP contribution in [0.5, 0.6) is 0 Å². The van der Waals surface area contributed by atoms with Crippen molar-refractivity contribution in [2.24, 2.45) is 5.92 Å². The first-order valence-corrected chi connectivity index (χ1v) is 11.5. The van der Waals surface area contributed by atoms with E-state index in [1.165, 1.54) is 22.2 Å². The van der Waals surface area contributed by atoms with Crippen molar-refractivity contribution < 1.29 is 4.79 Å². The van der Waals surface area contributed by atoms with Crippen molar-refractivity contribution in [3.05, 3.63) is 53.6 Å². The summed E-state index contributed by atoms with van der Waals surface area (Å²) in [6.07, 6.45) is 4.38. The SMILES string of the molecule is CSc1ccccc1CN1CCC(CNC(=O)c2ccc3nsnc3c2)CC1. The van der Waals surface area contributed by atoms with Gasteiger partial charge in [0.25, 0.3) is 5.91 Å². The van der Waals surface area contributed by atoms with E-state index in [1.54, 1.807) is 0 Å². The molecule has 146 valence electrons. The largest absolute Gasteiger partial charge is 0.352 e. The minimum absolute atomic E-state index is 0.0220. The average Bonchev–Trinajstić information content (AvgIpc) is 3.21. The maximum Gasteiger partial charge on any atom is 0.251 e. The van der Waals surface area contributed by atoms with Crippen molar-refractivity contribution in [2.75, 3.05) is 25.9 Å². The van der Waals surface area contributed by atoms with Gasteiger partial charge in [-0.1, -0.05) is 18.2 Å². The quantitative estimate of drug-likeness (QED) is 0.619. The number of piperidine rings is 1. The van der Waals surface area contributed by atoms with Crippen molar-refractivity contribution in [3.8, 4) is 0 Å². The standard InChI is InChI=1S/C21H24N4OS2/c1-27-20-5-3-2-4-17(20)14-25-10-8-15(9-11-25)13-22-21(26)16-6-7-18-19(12-16)24-28-23-18/h2-7,12,15H,8-11,13-14H2,1H3,(H,22,26). The van der Waals surface area contributed by atoms with E-state index in [2.05, 4.69) is 49.5 Å². The summed E-state index contributed by atoms with van der Waals surface area (Å²) < 4.78 is 8.39. The van der Waals surface area contributed by atoms with Crippen LogP contribution in [-0.4, -0.2) is 45.4 Å². The van der Waals surface area contributed by atoms with Crippen molar-refractivity contribution >= 4 is 40.4 Å². The van der Waals surface area contributed by atoms with E-state index < -0.39 is 0 Å². The molecular weight excluding hydrogens is 388 g/mol. The molecule has 4 rings (SSSR count). The molecule has 7 heteroatoms. The lowest BCUT2D eigenvalue weighted by atomic mass is 9.96. The second-order valence-corrected chi connectivity index (χ2v) is 8.59. The molecule has 0 atom stereocenters. The van der Waals surface area contributed by atoms with Gasteiger partial charge < -0.3 is 5.32 Å². The van der Waals surface area contributed by atoms with Crippen molar-refractivity contribution in [1.82, 2.24) is 19.0 Å². The van der Waals surface area contributed by atoms with Crippen molar-refractivity contribution in [3.63, 3.8) is 0 Å². The zero-order valence-corrected chi connectivity index (χ0v) is 17.6. The van der Waals surface area contributed by atoms with Gasteiger partial charge in [-0.05, 0) is 67.9 Å². The van der Waals surface area contributed by atoms with Crippen LogP contribution in [0.1, 0.15) is 28.8 Å². The van der Waals surface area contributed by atoms with Gasteiger partial charge in [0.1, 0.15) is 11.0 Å². The van der Waals surface area contributed by atoms with Crippen LogP contribution in [0, 0.1) is 5.92 Å². The number of nitrogens with zero attached hydrogens (tertiary/aromatic N) is 3. The van der Waals surface area contributed by atoms with Crippen LogP contribution < -0.4 is 5.32 Å². The molecule has 2 heterocycles. The highest BCUT2D eigenvalue weighted by Crippen LogP contribution is 2.24. The van der Waals surface area contributed by atoms with Crippen LogP contribution in [0.25, 0.3) is 11.0 Å². The topological polar surface area (TPSA) is 58.1 Å². The summed E-state index contributed by atoms with van der Waals surface area (Å²) >= 11 is 2.99. The van der Waals surface area contributed by atoms with Gasteiger partial charge in [-0.15, -0.1) is 11.8 Å². The third-order valence-electron chi connectivity index (χ3n) is 5.36. The summed E-state index contributed by atoms with van der Waals surface area (Å²) in [5.74, 6) is 0.520. The summed E-state index contributed by atoms with van der Waals surface area (Å²) in [7, 11) is 0. The Kier molecular flexibility index (Phi) is 6.24. The maximum atomic E-state index is 12.5. The zero-order valence-electron chi connectivity index (χ0n) is 15.9. The predicted molar refractivity (Wildman–Crippen MR) is 116 cm³/mol. The molecule has 1 fully saturated rings. The summed E-state index contributed by atoms with van der Waals surface area (Å²) in [6.45, 7) is 3.92. The molecule has 1 amide bonds. The number of nitrogens with one attached hydrogen (secondary N) is 1. The first-order valence-electron chi connectivity index (χ1n) is 9.57. The molecule has 3 aromatic rings. The first kappa shape index (κ1) is 19.4. The molecule has 0 unspecified atom stereocenters. The number of likely N-dealkylation sites (tertiary alicyclic amines) is 1. The van der Waals surface area contributed by atoms with Crippen LogP contribution in [0.2, 0.25) is 0 Å². The van der Waals surface area contributed by atoms with Crippen molar-refractivity contribution in [2.45, 2.75) is 24.3 Å². The van der Waals surface area contributed by atoms with Crippen molar-refractivity contribution in [1.29, 1.82) is 0 Å². The third kappa shape index (κ3) is 4.54. The molecule has 28 heavy (non-hydrogen) atoms. The number of fused-ring (bicyclic) bond motifs is 1. The molecule has 0 aliphatic carbocycles. The molecule has 1 aromatic heterocycles. The van der Waals surface area contributed by atoms with Gasteiger partial charge in [0.05, 0.1) is 11.7 Å². The number of thioether (sulfide) groups is 1. The van der Waals surface area contributed by atoms with E-state index in [9.17, 15) is 4.79 Å². The minimum atomic E-state index is -0.0220. The summed E-state index contributed by atoms with van der Waals surface area (Å²) in [4.78, 5) is 16.3. The molecule has 0 bridgehead atoms. The highest BCUT2D eigenvalue weighted by Gasteiger charge is 2.20. The Morgan fingerprint density at radius 1 is 1.18 bits per heavy atom. The van der Waals surface area contributed by atoms with Gasteiger partial charge in [0.2, 0.25) is 0 Å². The van der Waals surface area contributed by atoms with Crippen LogP contribution in [0.4, 0.5) is 0 Å². The molecule has 1 N–H and O–H groups in total. The number of carbonyl (C=O) groups excluding carboxylic acids is 1. The smallest absolute Gasteiger partial charge is 0.251 e. The lowest BCUT2D eigenvalue weighted by molar-refractivity contribution is 0.0935. The Labute approximate surface area is 173 Å². The number of aromatic nitrogens is 2. The van der Waals surface area contributed by atoms with Crippen LogP contribution in [0.3, 0.4) is 0 Å². The number of amides is 1. The lowest BCUT2D eigenvalue weighted by Gasteiger charge is -2.32. The van der Waals surface area contributed by atoms with E-state index in [4.69, 9.17) is 0 Å². The molecular formula is C21H24N4OS2. The number of hydrogen-bond acceptors (Lipinski definition) is 6. The van der Waals surface area contributed by atoms with Gasteiger partial charge in [0, 0.05) is 23.5 Å². The monoisotopic (exact) mass is 412 g/mol. The number of rotatable bonds is 6. The highest BCUT2D eigenvalue weighted by molar-refractivity contribution is 7.98. The summed E-state index contributed by atoms with van der Waals surface area (Å²) in [5, 5.41) is 3.10. The Balaban J connectivity index is 1.25. The molecule has 1 saturated heterocycles. The van der Waals surface area contributed by atoms with Gasteiger partial charge >= 0.3 is 0 Å². The van der Waals surface area contributed by atoms with Gasteiger partial charge in [-0.25, -0.2) is 0 Å². The third-order valence-corrected chi connectivity index (χ3v) is 6.76. The normalized spacial score (nSPS) is 15.8. The summed E-state index contributed by atoms with van der Waals surface area (Å²) in [6, 6.07) is 14.2. The zero-order chi connectivity index (χ0) is 19.3. The average molecular weight is 413 g/mol. The molecule has 0 spiro atoms. The molecule has 1 aliphatic heterocycles. The van der Waals surface area contributed by atoms with E-state index in [0.29, 0.717) is 11.5 Å². The maximum absolute atomic E-state index is 12.5. The minimum Gasteiger partial charge on any atom is -0.352 e. The van der Waals surface area contributed by atoms with Gasteiger partial charge in [0.15, 0.2) is 0 Å². The fraction of sp³-hybridized carbons (Fsp3) is 0.381. The molecule has 2 aromatic carbocycles. The van der Waals surface area contributed by atoms with E-state index >= 15 is 0 Å². The van der Waals surface area contributed by atoms with E-state index in [1.807, 2.05) is 30.0 Å². The second kappa shape index (κ2) is 9.03. The van der Waals surface area contributed by atoms with Crippen LogP contribution >= 0.6 is 23.5 Å². The molecule has 1 aliphatic rings. The number of hydrogen-bond donors (Lipinski definition) is 1. The highest BCUT2D eigenvalue weighted by atomic mass is 32.2. The van der Waals surface area contributed by atoms with E-state index in [-0.39, 0.29) is 5.91 Å². The Hall–Kier alpha value is -1.96. The van der Waals surface area contributed by atoms with Crippen LogP contribution in [0.15, 0.2) is 47.4 Å². The first-order chi connectivity index (χ1) is 13.7. The summed E-state index contributed by atoms with van der Waals surface area (Å²) in [5.41, 5.74) is 3.70. The Bertz CT molecular complexity index is 950. The molecule has 0 saturated carbocycles. The number of carbonyl (C=O) groups is 1. The second-order valence-electron chi connectivity index (χ2n) is 7.21. The van der Waals surface area contributed by atoms with Gasteiger partial charge in [-0.3, -0.25) is 9.69 Å². The van der Waals surface area contributed by atoms with Gasteiger partial charge in [-0.2, -0.15) is 8.75 Å². The Morgan fingerprint density at radius 2 is 1.96 bits per heavy atom. The predicted octanol–water partition coefficient (Wildman–Crippen LogP) is 4.06. The fourth-order valence-corrected chi connectivity index (χ4v) is 4.81. The Morgan fingerprint density at radius 3 is 2.79 bits per heavy atom. The van der Waals surface area contributed by atoms with E-state index in [0.717, 1.165) is 50.1 Å². The van der Waals surface area contributed by atoms with Crippen LogP contribution in [-0.2, 0) is 6.54 Å².